The molecule has 15 aromatic carbocycles. The van der Waals surface area contributed by atoms with Crippen LogP contribution in [0.3, 0.4) is 0 Å². The third kappa shape index (κ3) is 11.4. The van der Waals surface area contributed by atoms with Crippen LogP contribution < -0.4 is 10.4 Å². The van der Waals surface area contributed by atoms with Crippen molar-refractivity contribution >= 4 is 135 Å². The Hall–Kier alpha value is -9.51. The number of benzene rings is 15. The van der Waals surface area contributed by atoms with Crippen molar-refractivity contribution in [1.82, 2.24) is 0 Å². The van der Waals surface area contributed by atoms with E-state index in [4.69, 9.17) is 0 Å². The van der Waals surface area contributed by atoms with Crippen molar-refractivity contribution in [3.8, 4) is 56.3 Å². The van der Waals surface area contributed by atoms with E-state index in [1.165, 1.54) is 76.8 Å². The number of Topliss-reactive ketones (excluding diaryl/α,β-unsaturated/α-hetero) is 1. The highest BCUT2D eigenvalue weighted by Crippen LogP contribution is 2.55. The van der Waals surface area contributed by atoms with Gasteiger partial charge in [0.2, 0.25) is 0 Å². The zero-order valence-corrected chi connectivity index (χ0v) is 54.8. The van der Waals surface area contributed by atoms with Crippen LogP contribution in [-0.4, -0.2) is 5.78 Å². The minimum absolute atomic E-state index is 0.0751. The number of hydrogen-bond donors (Lipinski definition) is 0. The molecular formula is C85H52Br4O. The molecule has 16 rings (SSSR count). The molecule has 1 nitrogen and oxygen atoms in total. The smallest absolute Gasteiger partial charge is 0.195 e. The number of halogens is 4. The Morgan fingerprint density at radius 1 is 0.222 bits per heavy atom. The molecule has 426 valence electrons. The van der Waals surface area contributed by atoms with Crippen LogP contribution in [0.15, 0.2) is 333 Å². The Labute approximate surface area is 556 Å². The van der Waals surface area contributed by atoms with Crippen LogP contribution in [0.25, 0.3) is 110 Å². The molecule has 5 heteroatoms. The Bertz CT molecular complexity index is 5080. The molecular weight excluding hydrogens is 1360 g/mol. The van der Waals surface area contributed by atoms with Gasteiger partial charge >= 0.3 is 0 Å². The molecule has 1 aliphatic rings. The molecule has 0 spiro atoms. The number of fused-ring (bicyclic) bond motifs is 12. The maximum atomic E-state index is 14.1. The van der Waals surface area contributed by atoms with E-state index in [9.17, 15) is 4.79 Å². The summed E-state index contributed by atoms with van der Waals surface area (Å²) >= 11 is 15.0. The second kappa shape index (κ2) is 25.9. The van der Waals surface area contributed by atoms with Gasteiger partial charge < -0.3 is 0 Å². The molecule has 0 saturated heterocycles. The highest BCUT2D eigenvalue weighted by atomic mass is 79.9. The molecule has 1 aliphatic carbocycles. The molecule has 0 heterocycles. The number of carbonyl (C=O) groups excluding carboxylic acids is 1. The summed E-state index contributed by atoms with van der Waals surface area (Å²) in [4.78, 5) is 14.1. The van der Waals surface area contributed by atoms with Crippen LogP contribution in [0.4, 0.5) is 0 Å². The zero-order valence-electron chi connectivity index (χ0n) is 48.4. The van der Waals surface area contributed by atoms with Gasteiger partial charge in [0.25, 0.3) is 0 Å². The SMILES string of the molecule is Brc1ccc2c3ccc(Br)cc3c3c(-c4ccccc4)c(-c4ccccc4)c(-c4ccccc4)c(-c4ccccc4)c3c2c1.C(#Cc1ccccc1)c1ccccc1.O=C1C(c2ccccc2)=c2c(c3cc(Br)ccc3c3ccc(Br)cc23)=C1c1ccccc1. The van der Waals surface area contributed by atoms with Gasteiger partial charge in [-0.25, -0.2) is 0 Å². The van der Waals surface area contributed by atoms with Crippen LogP contribution in [0, 0.1) is 11.8 Å². The number of hydrogen-bond acceptors (Lipinski definition) is 1. The first-order chi connectivity index (χ1) is 44.3. The molecule has 0 atom stereocenters. The monoisotopic (exact) mass is 1400 g/mol. The van der Waals surface area contributed by atoms with E-state index in [0.29, 0.717) is 0 Å². The molecule has 0 fully saturated rings. The maximum absolute atomic E-state index is 14.1. The lowest BCUT2D eigenvalue weighted by atomic mass is 9.76. The fraction of sp³-hybridized carbons (Fsp3) is 0. The van der Waals surface area contributed by atoms with Gasteiger partial charge in [0.05, 0.1) is 0 Å². The van der Waals surface area contributed by atoms with Gasteiger partial charge in [0, 0.05) is 50.6 Å². The third-order valence-electron chi connectivity index (χ3n) is 16.6. The lowest BCUT2D eigenvalue weighted by Gasteiger charge is -2.26. The van der Waals surface area contributed by atoms with E-state index in [2.05, 4.69) is 270 Å². The summed E-state index contributed by atoms with van der Waals surface area (Å²) in [5.74, 6) is 6.30. The highest BCUT2D eigenvalue weighted by molar-refractivity contribution is 9.11. The topological polar surface area (TPSA) is 17.1 Å². The van der Waals surface area contributed by atoms with Crippen molar-refractivity contribution in [3.63, 3.8) is 0 Å². The van der Waals surface area contributed by atoms with Gasteiger partial charge in [0.15, 0.2) is 5.78 Å². The minimum Gasteiger partial charge on any atom is -0.289 e. The fourth-order valence-electron chi connectivity index (χ4n) is 12.8. The van der Waals surface area contributed by atoms with Gasteiger partial charge in [-0.15, -0.1) is 0 Å². The van der Waals surface area contributed by atoms with Gasteiger partial charge in [-0.3, -0.25) is 4.79 Å². The molecule has 0 N–H and O–H groups in total. The number of carbonyl (C=O) groups is 1. The molecule has 0 amide bonds. The van der Waals surface area contributed by atoms with E-state index in [1.807, 2.05) is 121 Å². The Morgan fingerprint density at radius 2 is 0.456 bits per heavy atom. The van der Waals surface area contributed by atoms with Crippen molar-refractivity contribution in [1.29, 1.82) is 0 Å². The summed E-state index contributed by atoms with van der Waals surface area (Å²) in [5, 5.41) is 14.0. The van der Waals surface area contributed by atoms with Crippen LogP contribution in [0.2, 0.25) is 0 Å². The Balaban J connectivity index is 0.000000133. The van der Waals surface area contributed by atoms with Crippen molar-refractivity contribution in [2.24, 2.45) is 0 Å². The van der Waals surface area contributed by atoms with Gasteiger partial charge in [-0.05, 0) is 182 Å². The lowest BCUT2D eigenvalue weighted by molar-refractivity contribution is -0.108. The van der Waals surface area contributed by atoms with E-state index >= 15 is 0 Å². The summed E-state index contributed by atoms with van der Waals surface area (Å²) in [7, 11) is 0. The largest absolute Gasteiger partial charge is 0.289 e. The summed E-state index contributed by atoms with van der Waals surface area (Å²) in [6.45, 7) is 0. The fourth-order valence-corrected chi connectivity index (χ4v) is 14.2. The average molecular weight is 1410 g/mol. The molecule has 0 aromatic heterocycles. The van der Waals surface area contributed by atoms with Crippen molar-refractivity contribution in [3.05, 3.63) is 366 Å². The molecule has 0 aliphatic heterocycles. The average Bonchev–Trinajstić information content (AvgIpc) is 0.968. The zero-order chi connectivity index (χ0) is 61.1. The predicted molar refractivity (Wildman–Crippen MR) is 394 cm³/mol. The highest BCUT2D eigenvalue weighted by Gasteiger charge is 2.30. The summed E-state index contributed by atoms with van der Waals surface area (Å²) in [5.41, 5.74) is 15.3. The van der Waals surface area contributed by atoms with E-state index in [0.717, 1.165) is 83.3 Å². The maximum Gasteiger partial charge on any atom is 0.195 e. The predicted octanol–water partition coefficient (Wildman–Crippen LogP) is 22.9. The Kier molecular flexibility index (Phi) is 16.7. The van der Waals surface area contributed by atoms with Crippen LogP contribution >= 0.6 is 63.7 Å². The number of ketones is 1. The van der Waals surface area contributed by atoms with Gasteiger partial charge in [0.1, 0.15) is 0 Å². The summed E-state index contributed by atoms with van der Waals surface area (Å²) in [6.07, 6.45) is 0. The molecule has 0 saturated carbocycles. The second-order valence-electron chi connectivity index (χ2n) is 22.0. The van der Waals surface area contributed by atoms with E-state index in [-0.39, 0.29) is 5.78 Å². The van der Waals surface area contributed by atoms with Crippen molar-refractivity contribution in [2.45, 2.75) is 0 Å². The van der Waals surface area contributed by atoms with Crippen LogP contribution in [-0.2, 0) is 4.79 Å². The van der Waals surface area contributed by atoms with E-state index in [1.54, 1.807) is 0 Å². The third-order valence-corrected chi connectivity index (χ3v) is 18.5. The van der Waals surface area contributed by atoms with Crippen LogP contribution in [0.1, 0.15) is 22.3 Å². The summed E-state index contributed by atoms with van der Waals surface area (Å²) < 4.78 is 4.13. The van der Waals surface area contributed by atoms with E-state index < -0.39 is 0 Å². The molecule has 0 unspecified atom stereocenters. The standard InChI is InChI=1S/C42H26Br2.C29H16Br2O.C14H10/c43-31-21-23-33-34-24-22-32(44)26-36(34)42-40(30-19-11-4-12-20-30)38(28-15-7-2-8-16-28)37(27-13-5-1-6-14-27)39(41(42)35(33)25-31)29-17-9-3-10-18-29;30-19-11-13-21-22-14-12-20(31)16-24(22)28-26(18-9-5-2-6-10-18)29(32)25(27(28)23(21)15-19)17-7-3-1-4-8-17;1-3-7-13(8-4-1)11-12-14-9-5-2-6-10-14/h1-26H;1-16H;1-10H. The van der Waals surface area contributed by atoms with Gasteiger partial charge in [-0.2, -0.15) is 0 Å². The first-order valence-electron chi connectivity index (χ1n) is 29.7. The molecule has 15 aromatic rings. The van der Waals surface area contributed by atoms with Crippen molar-refractivity contribution < 1.29 is 4.79 Å². The first-order valence-corrected chi connectivity index (χ1v) is 32.9. The number of rotatable bonds is 6. The summed E-state index contributed by atoms with van der Waals surface area (Å²) in [6, 6.07) is 110. The lowest BCUT2D eigenvalue weighted by Crippen LogP contribution is -2.27. The molecule has 90 heavy (non-hydrogen) atoms. The second-order valence-corrected chi connectivity index (χ2v) is 25.7. The first kappa shape index (κ1) is 58.2. The molecule has 0 radical (unpaired) electrons. The van der Waals surface area contributed by atoms with Crippen LogP contribution in [0.5, 0.6) is 0 Å². The molecule has 0 bridgehead atoms. The normalized spacial score (nSPS) is 11.7. The quantitative estimate of drug-likeness (QED) is 0.120. The Morgan fingerprint density at radius 3 is 0.744 bits per heavy atom. The van der Waals surface area contributed by atoms with Crippen molar-refractivity contribution in [2.75, 3.05) is 0 Å². The minimum atomic E-state index is 0.0751. The van der Waals surface area contributed by atoms with Gasteiger partial charge in [-0.1, -0.05) is 318 Å².